The molecule has 0 fully saturated rings. The van der Waals surface area contributed by atoms with Crippen molar-refractivity contribution in [3.63, 3.8) is 0 Å². The van der Waals surface area contributed by atoms with Crippen LogP contribution in [-0.4, -0.2) is 11.1 Å². The van der Waals surface area contributed by atoms with Gasteiger partial charge in [-0.2, -0.15) is 0 Å². The minimum absolute atomic E-state index is 0. The summed E-state index contributed by atoms with van der Waals surface area (Å²) in [5.74, 6) is -0.745. The molecule has 8 heavy (non-hydrogen) atoms. The number of carboxylic acid groups (broad SMARTS) is 1. The smallest absolute Gasteiger partial charge is 0.303 e. The molecule has 2 nitrogen and oxygen atoms in total. The molecule has 0 aromatic carbocycles. The van der Waals surface area contributed by atoms with Crippen LogP contribution < -0.4 is 0 Å². The molecule has 49 valence electrons. The van der Waals surface area contributed by atoms with Crippen LogP contribution in [-0.2, 0) is 37.5 Å². The Hall–Kier alpha value is 0.574. The van der Waals surface area contributed by atoms with Crippen LogP contribution in [0.2, 0.25) is 0 Å². The average molecular weight is 194 g/mol. The molecular weight excluding hydrogens is 181 g/mol. The van der Waals surface area contributed by atoms with E-state index in [0.717, 1.165) is 0 Å². The average Bonchev–Trinajstić information content (AvgIpc) is 1.38. The number of hydrogen-bond acceptors (Lipinski definition) is 1. The molecule has 0 bridgehead atoms. The maximum atomic E-state index is 9.37. The van der Waals surface area contributed by atoms with Crippen molar-refractivity contribution in [2.24, 2.45) is 0 Å². The third kappa shape index (κ3) is 30.8. The third-order valence-electron chi connectivity index (χ3n) is 0.302. The minimum Gasteiger partial charge on any atom is -0.481 e. The van der Waals surface area contributed by atoms with E-state index in [0.29, 0.717) is 0 Å². The Balaban J connectivity index is -0.0000000267. The van der Waals surface area contributed by atoms with Gasteiger partial charge in [0.05, 0.1) is 0 Å². The normalized spacial score (nSPS) is 4.62. The second-order valence-electron chi connectivity index (χ2n) is 0.747. The molecule has 0 aliphatic carbocycles. The van der Waals surface area contributed by atoms with Gasteiger partial charge < -0.3 is 12.5 Å². The Morgan fingerprint density at radius 2 is 1.75 bits per heavy atom. The van der Waals surface area contributed by atoms with Crippen molar-refractivity contribution in [1.82, 2.24) is 0 Å². The second-order valence-corrected chi connectivity index (χ2v) is 0.747. The Morgan fingerprint density at radius 1 is 1.62 bits per heavy atom. The predicted octanol–water partition coefficient (Wildman–Crippen LogP) is 1.56. The quantitative estimate of drug-likeness (QED) is 0.643. The molecule has 0 unspecified atom stereocenters. The van der Waals surface area contributed by atoms with Gasteiger partial charge in [-0.15, -0.1) is 0 Å². The summed E-state index contributed by atoms with van der Waals surface area (Å²) in [7, 11) is 0. The van der Waals surface area contributed by atoms with E-state index < -0.39 is 5.97 Å². The van der Waals surface area contributed by atoms with Crippen LogP contribution in [0.5, 0.6) is 0 Å². The summed E-state index contributed by atoms with van der Waals surface area (Å²) >= 11 is 0. The van der Waals surface area contributed by atoms with Crippen molar-refractivity contribution < 1.29 is 42.6 Å². The largest absolute Gasteiger partial charge is 0.481 e. The fourth-order valence-electron chi connectivity index (χ4n) is 0. The van der Waals surface area contributed by atoms with Gasteiger partial charge in [-0.25, -0.2) is 0 Å². The van der Waals surface area contributed by atoms with Gasteiger partial charge in [0.15, 0.2) is 0 Å². The van der Waals surface area contributed by atoms with Crippen LogP contribution in [0.1, 0.15) is 20.8 Å². The first-order valence-corrected chi connectivity index (χ1v) is 1.49. The van der Waals surface area contributed by atoms with Gasteiger partial charge in [-0.05, 0) is 0 Å². The van der Waals surface area contributed by atoms with E-state index >= 15 is 0 Å². The molecule has 0 aromatic heterocycles. The van der Waals surface area contributed by atoms with Crippen molar-refractivity contribution in [3.8, 4) is 0 Å². The molecule has 3 heteroatoms. The number of aliphatic carboxylic acids is 1. The molecule has 0 aliphatic rings. The van der Waals surface area contributed by atoms with Crippen molar-refractivity contribution in [2.75, 3.05) is 0 Å². The summed E-state index contributed by atoms with van der Waals surface area (Å²) in [5, 5.41) is 7.72. The van der Waals surface area contributed by atoms with Gasteiger partial charge in [0.1, 0.15) is 0 Å². The topological polar surface area (TPSA) is 37.3 Å². The Morgan fingerprint density at radius 3 is 1.75 bits per heavy atom. The molecule has 0 rings (SSSR count). The zero-order valence-electron chi connectivity index (χ0n) is 4.64. The molecular formula is C5H13O2Y-. The summed E-state index contributed by atoms with van der Waals surface area (Å²) in [4.78, 5) is 9.37. The molecule has 0 heterocycles. The van der Waals surface area contributed by atoms with Gasteiger partial charge >= 0.3 is 5.97 Å². The van der Waals surface area contributed by atoms with Crippen LogP contribution in [0.4, 0.5) is 0 Å². The standard InChI is InChI=1S/C3H6O2.CH4.CH3.Y/c1-2-3(4)5;;;/h2H2,1H3,(H,4,5);1H4;1H3;/q;;-1;. The SMILES string of the molecule is C.CCC(=O)O.[CH3-].[Y]. The molecule has 0 saturated heterocycles. The first kappa shape index (κ1) is 23.5. The van der Waals surface area contributed by atoms with E-state index in [1.807, 2.05) is 0 Å². The number of carboxylic acids is 1. The van der Waals surface area contributed by atoms with Crippen molar-refractivity contribution >= 4 is 5.97 Å². The summed E-state index contributed by atoms with van der Waals surface area (Å²) in [6.07, 6.45) is 0.222. The zero-order chi connectivity index (χ0) is 4.28. The number of carbonyl (C=O) groups is 1. The minimum atomic E-state index is -0.745. The third-order valence-corrected chi connectivity index (χ3v) is 0.302. The van der Waals surface area contributed by atoms with Crippen molar-refractivity contribution in [2.45, 2.75) is 20.8 Å². The molecule has 0 aliphatic heterocycles. The molecule has 0 spiro atoms. The first-order valence-electron chi connectivity index (χ1n) is 1.49. The van der Waals surface area contributed by atoms with Crippen molar-refractivity contribution in [1.29, 1.82) is 0 Å². The molecule has 0 amide bonds. The fraction of sp³-hybridized carbons (Fsp3) is 0.600. The van der Waals surface area contributed by atoms with Crippen LogP contribution in [0.3, 0.4) is 0 Å². The van der Waals surface area contributed by atoms with Crippen LogP contribution in [0.15, 0.2) is 0 Å². The second kappa shape index (κ2) is 15.6. The van der Waals surface area contributed by atoms with Crippen molar-refractivity contribution in [3.05, 3.63) is 7.43 Å². The Kier molecular flexibility index (Phi) is 46.0. The molecule has 1 N–H and O–H groups in total. The van der Waals surface area contributed by atoms with E-state index in [2.05, 4.69) is 0 Å². The summed E-state index contributed by atoms with van der Waals surface area (Å²) in [6.45, 7) is 1.60. The van der Waals surface area contributed by atoms with E-state index in [4.69, 9.17) is 5.11 Å². The maximum Gasteiger partial charge on any atom is 0.303 e. The number of hydrogen-bond donors (Lipinski definition) is 1. The Labute approximate surface area is 76.6 Å². The summed E-state index contributed by atoms with van der Waals surface area (Å²) in [6, 6.07) is 0. The molecule has 0 aromatic rings. The van der Waals surface area contributed by atoms with Gasteiger partial charge in [-0.1, -0.05) is 14.4 Å². The van der Waals surface area contributed by atoms with E-state index in [1.165, 1.54) is 0 Å². The first-order chi connectivity index (χ1) is 2.27. The van der Waals surface area contributed by atoms with Gasteiger partial charge in [0.25, 0.3) is 0 Å². The summed E-state index contributed by atoms with van der Waals surface area (Å²) < 4.78 is 0. The van der Waals surface area contributed by atoms with E-state index in [1.54, 1.807) is 6.92 Å². The maximum absolute atomic E-state index is 9.37. The van der Waals surface area contributed by atoms with Gasteiger partial charge in [-0.3, -0.25) is 4.79 Å². The molecule has 0 atom stereocenters. The molecule has 1 radical (unpaired) electrons. The molecule has 0 saturated carbocycles. The van der Waals surface area contributed by atoms with E-state index in [-0.39, 0.29) is 54.0 Å². The van der Waals surface area contributed by atoms with Crippen LogP contribution in [0, 0.1) is 7.43 Å². The zero-order valence-corrected chi connectivity index (χ0v) is 7.48. The number of rotatable bonds is 1. The van der Waals surface area contributed by atoms with Gasteiger partial charge in [0.2, 0.25) is 0 Å². The van der Waals surface area contributed by atoms with Gasteiger partial charge in [0, 0.05) is 39.1 Å². The van der Waals surface area contributed by atoms with Crippen LogP contribution >= 0.6 is 0 Å². The monoisotopic (exact) mass is 194 g/mol. The van der Waals surface area contributed by atoms with E-state index in [9.17, 15) is 4.79 Å². The predicted molar refractivity (Wildman–Crippen MR) is 31.1 cm³/mol. The fourth-order valence-corrected chi connectivity index (χ4v) is 0. The summed E-state index contributed by atoms with van der Waals surface area (Å²) in [5.41, 5.74) is 0. The Bertz CT molecular complexity index is 45.7. The van der Waals surface area contributed by atoms with Crippen LogP contribution in [0.25, 0.3) is 0 Å².